The van der Waals surface area contributed by atoms with Gasteiger partial charge in [0.15, 0.2) is 0 Å². The third-order valence-corrected chi connectivity index (χ3v) is 4.94. The Balaban J connectivity index is 1.62. The Kier molecular flexibility index (Phi) is 4.87. The second-order valence-electron chi connectivity index (χ2n) is 7.12. The molecule has 0 bridgehead atoms. The van der Waals surface area contributed by atoms with Gasteiger partial charge >= 0.3 is 0 Å². The third-order valence-electron chi connectivity index (χ3n) is 4.94. The quantitative estimate of drug-likeness (QED) is 0.935. The number of hydrogen-bond acceptors (Lipinski definition) is 3. The zero-order chi connectivity index (χ0) is 17.9. The van der Waals surface area contributed by atoms with Gasteiger partial charge in [-0.1, -0.05) is 24.3 Å². The summed E-state index contributed by atoms with van der Waals surface area (Å²) >= 11 is 0. The summed E-state index contributed by atoms with van der Waals surface area (Å²) in [6.07, 6.45) is 1.04. The second-order valence-corrected chi connectivity index (χ2v) is 7.12. The highest BCUT2D eigenvalue weighted by Gasteiger charge is 2.30. The lowest BCUT2D eigenvalue weighted by Gasteiger charge is -2.41. The number of fused-ring (bicyclic) bond motifs is 1. The minimum atomic E-state index is -0.129. The maximum atomic E-state index is 12.4. The minimum Gasteiger partial charge on any atom is -0.350 e. The summed E-state index contributed by atoms with van der Waals surface area (Å²) in [5, 5.41) is 11.9. The lowest BCUT2D eigenvalue weighted by molar-refractivity contribution is 0.0826. The molecule has 1 aliphatic heterocycles. The molecule has 0 atom stereocenters. The molecule has 4 nitrogen and oxygen atoms in total. The number of hydrogen-bond donors (Lipinski definition) is 1. The monoisotopic (exact) mass is 333 g/mol. The van der Waals surface area contributed by atoms with Crippen LogP contribution in [-0.2, 0) is 13.0 Å². The van der Waals surface area contributed by atoms with E-state index in [-0.39, 0.29) is 11.4 Å². The number of nitrogens with one attached hydrogen (secondary N) is 1. The van der Waals surface area contributed by atoms with Crippen LogP contribution in [0.5, 0.6) is 0 Å². The standard InChI is InChI=1S/C21H23N3O/c1-21(2,24-12-11-17-5-3-4-6-19(17)14-24)15-23-20(25)18-9-7-16(13-22)8-10-18/h3-10H,11-12,14-15H2,1-2H3,(H,23,25). The molecular weight excluding hydrogens is 310 g/mol. The molecule has 4 heteroatoms. The van der Waals surface area contributed by atoms with Gasteiger partial charge in [0, 0.05) is 30.7 Å². The zero-order valence-electron chi connectivity index (χ0n) is 14.7. The molecule has 3 rings (SSSR count). The van der Waals surface area contributed by atoms with Crippen molar-refractivity contribution < 1.29 is 4.79 Å². The largest absolute Gasteiger partial charge is 0.350 e. The van der Waals surface area contributed by atoms with E-state index >= 15 is 0 Å². The molecule has 0 aromatic heterocycles. The van der Waals surface area contributed by atoms with E-state index in [2.05, 4.69) is 54.4 Å². The van der Waals surface area contributed by atoms with Crippen molar-refractivity contribution in [3.05, 3.63) is 70.8 Å². The van der Waals surface area contributed by atoms with Crippen molar-refractivity contribution in [1.29, 1.82) is 5.26 Å². The molecule has 1 N–H and O–H groups in total. The maximum absolute atomic E-state index is 12.4. The van der Waals surface area contributed by atoms with E-state index in [4.69, 9.17) is 5.26 Å². The van der Waals surface area contributed by atoms with E-state index in [0.29, 0.717) is 17.7 Å². The van der Waals surface area contributed by atoms with Crippen molar-refractivity contribution in [2.45, 2.75) is 32.4 Å². The van der Waals surface area contributed by atoms with Gasteiger partial charge in [0.2, 0.25) is 0 Å². The van der Waals surface area contributed by atoms with Crippen LogP contribution in [0, 0.1) is 11.3 Å². The van der Waals surface area contributed by atoms with E-state index in [1.807, 2.05) is 0 Å². The molecule has 1 amide bonds. The third kappa shape index (κ3) is 3.89. The molecule has 25 heavy (non-hydrogen) atoms. The Morgan fingerprint density at radius 1 is 1.16 bits per heavy atom. The van der Waals surface area contributed by atoms with Crippen molar-refractivity contribution in [1.82, 2.24) is 10.2 Å². The zero-order valence-corrected chi connectivity index (χ0v) is 14.7. The first-order valence-corrected chi connectivity index (χ1v) is 8.60. The van der Waals surface area contributed by atoms with Crippen molar-refractivity contribution in [3.8, 4) is 6.07 Å². The second kappa shape index (κ2) is 7.08. The summed E-state index contributed by atoms with van der Waals surface area (Å²) in [7, 11) is 0. The first-order valence-electron chi connectivity index (χ1n) is 8.60. The minimum absolute atomic E-state index is 0.102. The first-order chi connectivity index (χ1) is 12.0. The summed E-state index contributed by atoms with van der Waals surface area (Å²) in [6, 6.07) is 17.4. The Morgan fingerprint density at radius 3 is 2.52 bits per heavy atom. The Labute approximate surface area is 149 Å². The van der Waals surface area contributed by atoms with Crippen LogP contribution in [0.1, 0.15) is 40.9 Å². The van der Waals surface area contributed by atoms with Gasteiger partial charge in [-0.05, 0) is 55.7 Å². The number of nitrogens with zero attached hydrogens (tertiary/aromatic N) is 2. The number of amides is 1. The Bertz CT molecular complexity index is 803. The predicted octanol–water partition coefficient (Wildman–Crippen LogP) is 3.12. The highest BCUT2D eigenvalue weighted by molar-refractivity contribution is 5.94. The summed E-state index contributed by atoms with van der Waals surface area (Å²) in [5.74, 6) is -0.102. The number of nitriles is 1. The van der Waals surface area contributed by atoms with Crippen LogP contribution >= 0.6 is 0 Å². The number of benzene rings is 2. The highest BCUT2D eigenvalue weighted by atomic mass is 16.1. The molecule has 0 saturated carbocycles. The molecule has 0 radical (unpaired) electrons. The Morgan fingerprint density at radius 2 is 1.84 bits per heavy atom. The summed E-state index contributed by atoms with van der Waals surface area (Å²) in [4.78, 5) is 14.8. The predicted molar refractivity (Wildman–Crippen MR) is 98.1 cm³/mol. The SMILES string of the molecule is CC(C)(CNC(=O)c1ccc(C#N)cc1)N1CCc2ccccc2C1. The smallest absolute Gasteiger partial charge is 0.251 e. The lowest BCUT2D eigenvalue weighted by atomic mass is 9.94. The van der Waals surface area contributed by atoms with Crippen LogP contribution in [0.3, 0.4) is 0 Å². The lowest BCUT2D eigenvalue weighted by Crippen LogP contribution is -2.53. The van der Waals surface area contributed by atoms with Gasteiger partial charge in [-0.3, -0.25) is 9.69 Å². The molecule has 0 unspecified atom stereocenters. The van der Waals surface area contributed by atoms with E-state index in [1.165, 1.54) is 11.1 Å². The summed E-state index contributed by atoms with van der Waals surface area (Å²) in [5.41, 5.74) is 3.81. The van der Waals surface area contributed by atoms with Crippen LogP contribution in [0.4, 0.5) is 0 Å². The molecule has 2 aromatic rings. The van der Waals surface area contributed by atoms with Crippen LogP contribution in [-0.4, -0.2) is 29.4 Å². The first kappa shape index (κ1) is 17.2. The molecule has 2 aromatic carbocycles. The van der Waals surface area contributed by atoms with Gasteiger partial charge < -0.3 is 5.32 Å². The van der Waals surface area contributed by atoms with Gasteiger partial charge in [0.1, 0.15) is 0 Å². The number of rotatable bonds is 4. The van der Waals surface area contributed by atoms with E-state index in [0.717, 1.165) is 19.5 Å². The normalized spacial score (nSPS) is 14.4. The highest BCUT2D eigenvalue weighted by Crippen LogP contribution is 2.25. The van der Waals surface area contributed by atoms with Crippen LogP contribution in [0.25, 0.3) is 0 Å². The van der Waals surface area contributed by atoms with Gasteiger partial charge in [-0.15, -0.1) is 0 Å². The molecule has 128 valence electrons. The van der Waals surface area contributed by atoms with Gasteiger partial charge in [-0.2, -0.15) is 5.26 Å². The maximum Gasteiger partial charge on any atom is 0.251 e. The van der Waals surface area contributed by atoms with E-state index < -0.39 is 0 Å². The van der Waals surface area contributed by atoms with E-state index in [1.54, 1.807) is 24.3 Å². The van der Waals surface area contributed by atoms with Gasteiger partial charge in [0.25, 0.3) is 5.91 Å². The van der Waals surface area contributed by atoms with Crippen LogP contribution < -0.4 is 5.32 Å². The molecule has 0 aliphatic carbocycles. The average molecular weight is 333 g/mol. The molecule has 1 aliphatic rings. The number of carbonyl (C=O) groups is 1. The Hall–Kier alpha value is -2.64. The molecule has 0 fully saturated rings. The summed E-state index contributed by atoms with van der Waals surface area (Å²) in [6.45, 7) is 6.82. The fraction of sp³-hybridized carbons (Fsp3) is 0.333. The molecule has 0 saturated heterocycles. The molecule has 0 spiro atoms. The van der Waals surface area contributed by atoms with Crippen molar-refractivity contribution in [2.24, 2.45) is 0 Å². The van der Waals surface area contributed by atoms with Crippen molar-refractivity contribution >= 4 is 5.91 Å². The molecule has 1 heterocycles. The summed E-state index contributed by atoms with van der Waals surface area (Å²) < 4.78 is 0. The fourth-order valence-corrected chi connectivity index (χ4v) is 3.22. The van der Waals surface area contributed by atoms with Crippen molar-refractivity contribution in [3.63, 3.8) is 0 Å². The molecular formula is C21H23N3O. The number of carbonyl (C=O) groups excluding carboxylic acids is 1. The average Bonchev–Trinajstić information content (AvgIpc) is 2.66. The van der Waals surface area contributed by atoms with Crippen LogP contribution in [0.2, 0.25) is 0 Å². The van der Waals surface area contributed by atoms with Crippen LogP contribution in [0.15, 0.2) is 48.5 Å². The topological polar surface area (TPSA) is 56.1 Å². The van der Waals surface area contributed by atoms with E-state index in [9.17, 15) is 4.79 Å². The van der Waals surface area contributed by atoms with Gasteiger partial charge in [0.05, 0.1) is 11.6 Å². The fourth-order valence-electron chi connectivity index (χ4n) is 3.22. The van der Waals surface area contributed by atoms with Crippen molar-refractivity contribution in [2.75, 3.05) is 13.1 Å². The van der Waals surface area contributed by atoms with Gasteiger partial charge in [-0.25, -0.2) is 0 Å².